The normalized spacial score (nSPS) is 11.3. The van der Waals surface area contributed by atoms with Gasteiger partial charge in [-0.1, -0.05) is 32.9 Å². The second kappa shape index (κ2) is 6.40. The Morgan fingerprint density at radius 1 is 1.23 bits per heavy atom. The van der Waals surface area contributed by atoms with E-state index in [1.807, 2.05) is 19.1 Å². The standard InChI is InChI=1S/C17H20N2O2S/c1-11-9-14(15(16(20)21)18-10-11)19-22-13-7-5-12(6-8-13)17(2,3)4/h5-10,19H,1-4H3,(H,20,21). The molecule has 0 unspecified atom stereocenters. The Morgan fingerprint density at radius 2 is 1.86 bits per heavy atom. The Labute approximate surface area is 135 Å². The van der Waals surface area contributed by atoms with E-state index in [0.717, 1.165) is 10.5 Å². The number of carboxylic acid groups (broad SMARTS) is 1. The first kappa shape index (κ1) is 16.4. The van der Waals surface area contributed by atoms with E-state index in [4.69, 9.17) is 5.11 Å². The van der Waals surface area contributed by atoms with Crippen molar-refractivity contribution in [1.29, 1.82) is 0 Å². The Bertz CT molecular complexity index is 676. The molecule has 5 heteroatoms. The van der Waals surface area contributed by atoms with Crippen LogP contribution < -0.4 is 4.72 Å². The summed E-state index contributed by atoms with van der Waals surface area (Å²) in [5, 5.41) is 9.17. The summed E-state index contributed by atoms with van der Waals surface area (Å²) in [6.07, 6.45) is 1.55. The molecule has 0 saturated heterocycles. The molecule has 0 amide bonds. The van der Waals surface area contributed by atoms with Gasteiger partial charge in [0.1, 0.15) is 0 Å². The van der Waals surface area contributed by atoms with E-state index in [-0.39, 0.29) is 11.1 Å². The van der Waals surface area contributed by atoms with Gasteiger partial charge in [-0.2, -0.15) is 0 Å². The van der Waals surface area contributed by atoms with Crippen LogP contribution in [0, 0.1) is 6.92 Å². The zero-order valence-electron chi connectivity index (χ0n) is 13.2. The van der Waals surface area contributed by atoms with Crippen LogP contribution in [0.3, 0.4) is 0 Å². The molecule has 2 rings (SSSR count). The van der Waals surface area contributed by atoms with Crippen LogP contribution in [0.1, 0.15) is 42.4 Å². The monoisotopic (exact) mass is 316 g/mol. The number of nitrogens with zero attached hydrogens (tertiary/aromatic N) is 1. The van der Waals surface area contributed by atoms with Crippen LogP contribution in [0.25, 0.3) is 0 Å². The zero-order chi connectivity index (χ0) is 16.3. The third-order valence-electron chi connectivity index (χ3n) is 3.23. The summed E-state index contributed by atoms with van der Waals surface area (Å²) in [6, 6.07) is 10.0. The van der Waals surface area contributed by atoms with Gasteiger partial charge in [0.2, 0.25) is 0 Å². The van der Waals surface area contributed by atoms with Gasteiger partial charge in [0.25, 0.3) is 0 Å². The Morgan fingerprint density at radius 3 is 2.41 bits per heavy atom. The van der Waals surface area contributed by atoms with Gasteiger partial charge in [0.05, 0.1) is 5.69 Å². The number of aromatic carboxylic acids is 1. The molecule has 0 aliphatic rings. The first-order chi connectivity index (χ1) is 10.3. The van der Waals surface area contributed by atoms with Crippen LogP contribution in [0.2, 0.25) is 0 Å². The van der Waals surface area contributed by atoms with E-state index in [1.165, 1.54) is 17.5 Å². The quantitative estimate of drug-likeness (QED) is 0.813. The van der Waals surface area contributed by atoms with E-state index in [1.54, 1.807) is 12.3 Å². The summed E-state index contributed by atoms with van der Waals surface area (Å²) in [4.78, 5) is 16.2. The highest BCUT2D eigenvalue weighted by molar-refractivity contribution is 8.00. The molecule has 2 aromatic rings. The number of rotatable bonds is 4. The minimum Gasteiger partial charge on any atom is -0.476 e. The molecule has 1 aromatic carbocycles. The van der Waals surface area contributed by atoms with Crippen molar-refractivity contribution in [3.05, 3.63) is 53.3 Å². The van der Waals surface area contributed by atoms with E-state index in [9.17, 15) is 4.79 Å². The van der Waals surface area contributed by atoms with Gasteiger partial charge in [-0.25, -0.2) is 9.78 Å². The van der Waals surface area contributed by atoms with Gasteiger partial charge < -0.3 is 9.83 Å². The molecule has 0 atom stereocenters. The Kier molecular flexibility index (Phi) is 4.76. The Hall–Kier alpha value is -2.01. The summed E-state index contributed by atoms with van der Waals surface area (Å²) in [5.74, 6) is -1.04. The fourth-order valence-electron chi connectivity index (χ4n) is 1.95. The van der Waals surface area contributed by atoms with Crippen molar-refractivity contribution in [2.45, 2.75) is 38.0 Å². The predicted octanol–water partition coefficient (Wildman–Crippen LogP) is 4.50. The molecular weight excluding hydrogens is 296 g/mol. The molecule has 1 heterocycles. The van der Waals surface area contributed by atoms with Crippen molar-refractivity contribution in [2.24, 2.45) is 0 Å². The van der Waals surface area contributed by atoms with Gasteiger partial charge in [-0.3, -0.25) is 0 Å². The fourth-order valence-corrected chi connectivity index (χ4v) is 2.61. The van der Waals surface area contributed by atoms with Crippen LogP contribution in [0.4, 0.5) is 5.69 Å². The van der Waals surface area contributed by atoms with Crippen molar-refractivity contribution in [2.75, 3.05) is 4.72 Å². The van der Waals surface area contributed by atoms with Gasteiger partial charge in [0.15, 0.2) is 5.69 Å². The fraction of sp³-hybridized carbons (Fsp3) is 0.294. The number of carbonyl (C=O) groups is 1. The number of carboxylic acids is 1. The molecule has 0 fully saturated rings. The van der Waals surface area contributed by atoms with Crippen molar-refractivity contribution < 1.29 is 9.90 Å². The topological polar surface area (TPSA) is 62.2 Å². The number of aromatic nitrogens is 1. The molecule has 4 nitrogen and oxygen atoms in total. The highest BCUT2D eigenvalue weighted by Crippen LogP contribution is 2.27. The molecule has 1 aromatic heterocycles. The summed E-state index contributed by atoms with van der Waals surface area (Å²) in [6.45, 7) is 8.40. The van der Waals surface area contributed by atoms with Gasteiger partial charge >= 0.3 is 5.97 Å². The van der Waals surface area contributed by atoms with Crippen LogP contribution in [-0.4, -0.2) is 16.1 Å². The minimum absolute atomic E-state index is 0.0319. The van der Waals surface area contributed by atoms with Crippen molar-refractivity contribution in [1.82, 2.24) is 4.98 Å². The summed E-state index contributed by atoms with van der Waals surface area (Å²) < 4.78 is 3.08. The second-order valence-electron chi connectivity index (χ2n) is 6.19. The molecule has 0 saturated carbocycles. The number of hydrogen-bond donors (Lipinski definition) is 2. The van der Waals surface area contributed by atoms with Gasteiger partial charge in [-0.15, -0.1) is 0 Å². The maximum absolute atomic E-state index is 11.2. The van der Waals surface area contributed by atoms with Crippen LogP contribution in [-0.2, 0) is 5.41 Å². The highest BCUT2D eigenvalue weighted by atomic mass is 32.2. The highest BCUT2D eigenvalue weighted by Gasteiger charge is 2.14. The van der Waals surface area contributed by atoms with Crippen molar-refractivity contribution >= 4 is 23.6 Å². The number of pyridine rings is 1. The average molecular weight is 316 g/mol. The van der Waals surface area contributed by atoms with Crippen molar-refractivity contribution in [3.8, 4) is 0 Å². The van der Waals surface area contributed by atoms with Gasteiger partial charge in [0, 0.05) is 11.1 Å². The molecule has 0 spiro atoms. The Balaban J connectivity index is 2.13. The molecule has 0 bridgehead atoms. The molecule has 0 aliphatic carbocycles. The molecule has 2 N–H and O–H groups in total. The largest absolute Gasteiger partial charge is 0.476 e. The number of nitrogens with one attached hydrogen (secondary N) is 1. The number of hydrogen-bond acceptors (Lipinski definition) is 4. The number of aryl methyl sites for hydroxylation is 1. The maximum Gasteiger partial charge on any atom is 0.356 e. The predicted molar refractivity (Wildman–Crippen MR) is 90.6 cm³/mol. The molecule has 22 heavy (non-hydrogen) atoms. The van der Waals surface area contributed by atoms with Crippen LogP contribution in [0.15, 0.2) is 41.4 Å². The van der Waals surface area contributed by atoms with Crippen LogP contribution >= 0.6 is 11.9 Å². The molecule has 0 radical (unpaired) electrons. The lowest BCUT2D eigenvalue weighted by Crippen LogP contribution is -2.10. The lowest BCUT2D eigenvalue weighted by Gasteiger charge is -2.19. The molecule has 116 valence electrons. The van der Waals surface area contributed by atoms with Crippen molar-refractivity contribution in [3.63, 3.8) is 0 Å². The SMILES string of the molecule is Cc1cnc(C(=O)O)c(NSc2ccc(C(C)(C)C)cc2)c1. The summed E-state index contributed by atoms with van der Waals surface area (Å²) in [7, 11) is 0. The molecular formula is C17H20N2O2S. The lowest BCUT2D eigenvalue weighted by molar-refractivity contribution is 0.0692. The second-order valence-corrected chi connectivity index (χ2v) is 7.07. The third-order valence-corrected chi connectivity index (χ3v) is 4.06. The van der Waals surface area contributed by atoms with Gasteiger partial charge in [-0.05, 0) is 53.6 Å². The third kappa shape index (κ3) is 4.01. The zero-order valence-corrected chi connectivity index (χ0v) is 14.0. The average Bonchev–Trinajstić information content (AvgIpc) is 2.44. The van der Waals surface area contributed by atoms with Crippen LogP contribution in [0.5, 0.6) is 0 Å². The van der Waals surface area contributed by atoms with E-state index >= 15 is 0 Å². The number of anilines is 1. The summed E-state index contributed by atoms with van der Waals surface area (Å²) >= 11 is 1.38. The smallest absolute Gasteiger partial charge is 0.356 e. The first-order valence-electron chi connectivity index (χ1n) is 7.01. The van der Waals surface area contributed by atoms with E-state index < -0.39 is 5.97 Å². The number of benzene rings is 1. The van der Waals surface area contributed by atoms with E-state index in [2.05, 4.69) is 42.6 Å². The minimum atomic E-state index is -1.04. The summed E-state index contributed by atoms with van der Waals surface area (Å²) in [5.41, 5.74) is 2.84. The lowest BCUT2D eigenvalue weighted by atomic mass is 9.87. The maximum atomic E-state index is 11.2. The molecule has 0 aliphatic heterocycles. The van der Waals surface area contributed by atoms with E-state index in [0.29, 0.717) is 5.69 Å². The first-order valence-corrected chi connectivity index (χ1v) is 7.82.